The molecule has 1 atom stereocenters. The first kappa shape index (κ1) is 12.0. The van der Waals surface area contributed by atoms with Crippen LogP contribution in [0.5, 0.6) is 0 Å². The lowest BCUT2D eigenvalue weighted by Crippen LogP contribution is -2.25. The predicted octanol–water partition coefficient (Wildman–Crippen LogP) is 2.79. The highest BCUT2D eigenvalue weighted by Gasteiger charge is 2.27. The largest absolute Gasteiger partial charge is 0.337 e. The maximum atomic E-state index is 11.6. The van der Waals surface area contributed by atoms with Crippen molar-refractivity contribution in [1.82, 2.24) is 4.90 Å². The molecule has 0 radical (unpaired) electrons. The van der Waals surface area contributed by atoms with E-state index in [1.54, 1.807) is 0 Å². The Morgan fingerprint density at radius 2 is 2.31 bits per heavy atom. The molecule has 1 amide bonds. The van der Waals surface area contributed by atoms with Gasteiger partial charge in [-0.2, -0.15) is 12.6 Å². The van der Waals surface area contributed by atoms with Crippen LogP contribution in [0.15, 0.2) is 22.7 Å². The van der Waals surface area contributed by atoms with Crippen LogP contribution < -0.4 is 0 Å². The molecule has 1 aromatic carbocycles. The number of aryl methyl sites for hydroxylation is 1. The third-order valence-electron chi connectivity index (χ3n) is 2.86. The molecule has 0 aromatic heterocycles. The Morgan fingerprint density at radius 1 is 1.56 bits per heavy atom. The van der Waals surface area contributed by atoms with Crippen molar-refractivity contribution in [3.63, 3.8) is 0 Å². The van der Waals surface area contributed by atoms with Gasteiger partial charge in [-0.3, -0.25) is 4.79 Å². The standard InChI is InChI=1S/C12H14BrNOS/c1-8-4-10(13)3-2-9(8)6-14-7-11(16)5-12(14)15/h2-4,11,16H,5-7H2,1H3. The Kier molecular flexibility index (Phi) is 3.60. The number of likely N-dealkylation sites (tertiary alicyclic amines) is 1. The first-order valence-corrected chi connectivity index (χ1v) is 6.58. The van der Waals surface area contributed by atoms with Crippen LogP contribution in [0.3, 0.4) is 0 Å². The number of hydrogen-bond donors (Lipinski definition) is 1. The van der Waals surface area contributed by atoms with Gasteiger partial charge in [0.05, 0.1) is 0 Å². The smallest absolute Gasteiger partial charge is 0.224 e. The summed E-state index contributed by atoms with van der Waals surface area (Å²) in [5.41, 5.74) is 2.42. The average Bonchev–Trinajstić information content (AvgIpc) is 2.50. The molecule has 1 aromatic rings. The lowest BCUT2D eigenvalue weighted by atomic mass is 10.1. The Morgan fingerprint density at radius 3 is 2.88 bits per heavy atom. The van der Waals surface area contributed by atoms with Gasteiger partial charge in [0, 0.05) is 29.2 Å². The van der Waals surface area contributed by atoms with E-state index >= 15 is 0 Å². The molecule has 2 rings (SSSR count). The fourth-order valence-electron chi connectivity index (χ4n) is 1.95. The second kappa shape index (κ2) is 4.80. The second-order valence-corrected chi connectivity index (χ2v) is 5.85. The van der Waals surface area contributed by atoms with Gasteiger partial charge >= 0.3 is 0 Å². The summed E-state index contributed by atoms with van der Waals surface area (Å²) in [6.07, 6.45) is 0.568. The molecule has 4 heteroatoms. The van der Waals surface area contributed by atoms with E-state index in [0.717, 1.165) is 11.0 Å². The fourth-order valence-corrected chi connectivity index (χ4v) is 2.78. The van der Waals surface area contributed by atoms with E-state index in [0.29, 0.717) is 13.0 Å². The quantitative estimate of drug-likeness (QED) is 0.833. The number of carbonyl (C=O) groups excluding carboxylic acids is 1. The third-order valence-corrected chi connectivity index (χ3v) is 3.70. The molecular weight excluding hydrogens is 286 g/mol. The molecule has 0 N–H and O–H groups in total. The van der Waals surface area contributed by atoms with Gasteiger partial charge in [-0.25, -0.2) is 0 Å². The minimum Gasteiger partial charge on any atom is -0.337 e. The van der Waals surface area contributed by atoms with Crippen LogP contribution in [-0.4, -0.2) is 22.6 Å². The van der Waals surface area contributed by atoms with E-state index in [2.05, 4.69) is 47.6 Å². The highest BCUT2D eigenvalue weighted by atomic mass is 79.9. The van der Waals surface area contributed by atoms with Crippen molar-refractivity contribution in [3.8, 4) is 0 Å². The number of thiol groups is 1. The third kappa shape index (κ3) is 2.61. The van der Waals surface area contributed by atoms with E-state index in [1.165, 1.54) is 11.1 Å². The Bertz CT molecular complexity index is 421. The minimum absolute atomic E-state index is 0.197. The molecule has 1 saturated heterocycles. The maximum absolute atomic E-state index is 11.6. The first-order valence-electron chi connectivity index (χ1n) is 5.27. The van der Waals surface area contributed by atoms with Crippen LogP contribution in [0.25, 0.3) is 0 Å². The monoisotopic (exact) mass is 299 g/mol. The Balaban J connectivity index is 2.12. The number of benzene rings is 1. The molecule has 16 heavy (non-hydrogen) atoms. The zero-order valence-electron chi connectivity index (χ0n) is 9.11. The zero-order chi connectivity index (χ0) is 11.7. The van der Waals surface area contributed by atoms with Crippen molar-refractivity contribution in [1.29, 1.82) is 0 Å². The van der Waals surface area contributed by atoms with Crippen molar-refractivity contribution < 1.29 is 4.79 Å². The average molecular weight is 300 g/mol. The topological polar surface area (TPSA) is 20.3 Å². The summed E-state index contributed by atoms with van der Waals surface area (Å²) in [4.78, 5) is 13.5. The number of nitrogens with zero attached hydrogens (tertiary/aromatic N) is 1. The highest BCUT2D eigenvalue weighted by Crippen LogP contribution is 2.22. The number of hydrogen-bond acceptors (Lipinski definition) is 2. The summed E-state index contributed by atoms with van der Waals surface area (Å²) < 4.78 is 1.08. The van der Waals surface area contributed by atoms with Gasteiger partial charge < -0.3 is 4.90 Å². The summed E-state index contributed by atoms with van der Waals surface area (Å²) in [6, 6.07) is 6.16. The van der Waals surface area contributed by atoms with E-state index in [9.17, 15) is 4.79 Å². The van der Waals surface area contributed by atoms with Crippen LogP contribution in [0, 0.1) is 6.92 Å². The van der Waals surface area contributed by atoms with Gasteiger partial charge in [-0.15, -0.1) is 0 Å². The number of rotatable bonds is 2. The predicted molar refractivity (Wildman–Crippen MR) is 71.7 cm³/mol. The summed E-state index contributed by atoms with van der Waals surface area (Å²) in [6.45, 7) is 3.53. The fraction of sp³-hybridized carbons (Fsp3) is 0.417. The molecule has 1 aliphatic rings. The SMILES string of the molecule is Cc1cc(Br)ccc1CN1CC(S)CC1=O. The van der Waals surface area contributed by atoms with Crippen LogP contribution in [0.4, 0.5) is 0 Å². The van der Waals surface area contributed by atoms with Gasteiger partial charge in [-0.05, 0) is 30.2 Å². The highest BCUT2D eigenvalue weighted by molar-refractivity contribution is 9.10. The Hall–Kier alpha value is -0.480. The van der Waals surface area contributed by atoms with Gasteiger partial charge in [-0.1, -0.05) is 22.0 Å². The molecule has 0 spiro atoms. The second-order valence-electron chi connectivity index (χ2n) is 4.20. The van der Waals surface area contributed by atoms with Crippen LogP contribution >= 0.6 is 28.6 Å². The Labute approximate surface area is 110 Å². The molecule has 2 nitrogen and oxygen atoms in total. The van der Waals surface area contributed by atoms with Gasteiger partial charge in [0.15, 0.2) is 0 Å². The summed E-state index contributed by atoms with van der Waals surface area (Å²) in [7, 11) is 0. The van der Waals surface area contributed by atoms with Crippen LogP contribution in [0.1, 0.15) is 17.5 Å². The van der Waals surface area contributed by atoms with Crippen LogP contribution in [0.2, 0.25) is 0 Å². The van der Waals surface area contributed by atoms with E-state index in [-0.39, 0.29) is 11.2 Å². The number of carbonyl (C=O) groups is 1. The first-order chi connectivity index (χ1) is 7.56. The molecule has 1 fully saturated rings. The molecular formula is C12H14BrNOS. The molecule has 1 aliphatic heterocycles. The lowest BCUT2D eigenvalue weighted by molar-refractivity contribution is -0.128. The van der Waals surface area contributed by atoms with Crippen molar-refractivity contribution in [2.75, 3.05) is 6.54 Å². The maximum Gasteiger partial charge on any atom is 0.224 e. The lowest BCUT2D eigenvalue weighted by Gasteiger charge is -2.17. The molecule has 1 unspecified atom stereocenters. The summed E-state index contributed by atoms with van der Waals surface area (Å²) in [5, 5.41) is 0.197. The van der Waals surface area contributed by atoms with Crippen LogP contribution in [-0.2, 0) is 11.3 Å². The normalized spacial score (nSPS) is 20.6. The van der Waals surface area contributed by atoms with Crippen molar-refractivity contribution >= 4 is 34.5 Å². The van der Waals surface area contributed by atoms with Crippen molar-refractivity contribution in [2.45, 2.75) is 25.1 Å². The van der Waals surface area contributed by atoms with Crippen molar-refractivity contribution in [3.05, 3.63) is 33.8 Å². The van der Waals surface area contributed by atoms with Crippen molar-refractivity contribution in [2.24, 2.45) is 0 Å². The van der Waals surface area contributed by atoms with E-state index in [1.807, 2.05) is 11.0 Å². The van der Waals surface area contributed by atoms with E-state index in [4.69, 9.17) is 0 Å². The molecule has 86 valence electrons. The number of amides is 1. The minimum atomic E-state index is 0.197. The van der Waals surface area contributed by atoms with Gasteiger partial charge in [0.1, 0.15) is 0 Å². The summed E-state index contributed by atoms with van der Waals surface area (Å²) >= 11 is 7.79. The number of halogens is 1. The molecule has 0 saturated carbocycles. The zero-order valence-corrected chi connectivity index (χ0v) is 11.6. The van der Waals surface area contributed by atoms with Gasteiger partial charge in [0.25, 0.3) is 0 Å². The molecule has 1 heterocycles. The van der Waals surface area contributed by atoms with Gasteiger partial charge in [0.2, 0.25) is 5.91 Å². The molecule has 0 aliphatic carbocycles. The summed E-state index contributed by atoms with van der Waals surface area (Å²) in [5.74, 6) is 0.210. The molecule has 0 bridgehead atoms. The van der Waals surface area contributed by atoms with E-state index < -0.39 is 0 Å².